The minimum atomic E-state index is 0.486. The Kier molecular flexibility index (Phi) is 3.68. The zero-order valence-corrected chi connectivity index (χ0v) is 10.2. The van der Waals surface area contributed by atoms with Crippen LogP contribution < -0.4 is 0 Å². The molecule has 2 saturated heterocycles. The van der Waals surface area contributed by atoms with E-state index in [1.165, 1.54) is 12.8 Å². The van der Waals surface area contributed by atoms with E-state index in [-0.39, 0.29) is 0 Å². The maximum Gasteiger partial charge on any atom is 0.0607 e. The zero-order valence-electron chi connectivity index (χ0n) is 10.2. The Balaban J connectivity index is 1.85. The zero-order chi connectivity index (χ0) is 10.8. The van der Waals surface area contributed by atoms with E-state index in [0.29, 0.717) is 12.0 Å². The van der Waals surface area contributed by atoms with Crippen LogP contribution in [-0.2, 0) is 9.47 Å². The molecule has 2 heteroatoms. The highest BCUT2D eigenvalue weighted by Crippen LogP contribution is 2.34. The predicted molar refractivity (Wildman–Crippen MR) is 60.8 cm³/mol. The lowest BCUT2D eigenvalue weighted by Gasteiger charge is -2.40. The summed E-state index contributed by atoms with van der Waals surface area (Å²) in [5.41, 5.74) is 0. The molecule has 15 heavy (non-hydrogen) atoms. The van der Waals surface area contributed by atoms with Gasteiger partial charge >= 0.3 is 0 Å². The third-order valence-corrected chi connectivity index (χ3v) is 4.29. The molecule has 0 saturated carbocycles. The second kappa shape index (κ2) is 4.84. The second-order valence-corrected chi connectivity index (χ2v) is 5.59. The van der Waals surface area contributed by atoms with Crippen LogP contribution in [0.2, 0.25) is 0 Å². The fraction of sp³-hybridized carbons (Fsp3) is 1.00. The van der Waals surface area contributed by atoms with Crippen LogP contribution in [0.5, 0.6) is 0 Å². The molecule has 2 aliphatic rings. The van der Waals surface area contributed by atoms with E-state index in [0.717, 1.165) is 37.6 Å². The smallest absolute Gasteiger partial charge is 0.0607 e. The quantitative estimate of drug-likeness (QED) is 0.716. The fourth-order valence-electron chi connectivity index (χ4n) is 2.69. The molecule has 0 N–H and O–H groups in total. The van der Waals surface area contributed by atoms with Gasteiger partial charge in [-0.15, -0.1) is 0 Å². The summed E-state index contributed by atoms with van der Waals surface area (Å²) in [7, 11) is 0. The summed E-state index contributed by atoms with van der Waals surface area (Å²) in [5.74, 6) is 3.11. The maximum absolute atomic E-state index is 5.92. The molecule has 2 aliphatic heterocycles. The van der Waals surface area contributed by atoms with E-state index in [2.05, 4.69) is 20.8 Å². The largest absolute Gasteiger partial charge is 0.381 e. The monoisotopic (exact) mass is 212 g/mol. The number of ether oxygens (including phenoxy) is 2. The van der Waals surface area contributed by atoms with Gasteiger partial charge in [-0.05, 0) is 30.6 Å². The first-order chi connectivity index (χ1) is 7.18. The molecule has 0 bridgehead atoms. The normalized spacial score (nSPS) is 35.2. The van der Waals surface area contributed by atoms with E-state index in [1.54, 1.807) is 0 Å². The maximum atomic E-state index is 5.92. The lowest BCUT2D eigenvalue weighted by Crippen LogP contribution is -2.42. The van der Waals surface area contributed by atoms with Crippen LogP contribution in [0.15, 0.2) is 0 Å². The third-order valence-electron chi connectivity index (χ3n) is 4.29. The first-order valence-electron chi connectivity index (χ1n) is 6.38. The molecule has 2 fully saturated rings. The standard InChI is InChI=1S/C13H24O2/c1-9(2)11-4-5-15-13(6-11)10(3)12-7-14-8-12/h9-13H,4-8H2,1-3H3/t10?,11?,13-/m1/s1. The molecule has 2 rings (SSSR count). The van der Waals surface area contributed by atoms with Gasteiger partial charge in [0.15, 0.2) is 0 Å². The Morgan fingerprint density at radius 1 is 1.07 bits per heavy atom. The number of hydrogen-bond donors (Lipinski definition) is 0. The molecular weight excluding hydrogens is 188 g/mol. The van der Waals surface area contributed by atoms with Crippen LogP contribution in [0.25, 0.3) is 0 Å². The van der Waals surface area contributed by atoms with Crippen LogP contribution in [0.4, 0.5) is 0 Å². The first-order valence-corrected chi connectivity index (χ1v) is 6.38. The second-order valence-electron chi connectivity index (χ2n) is 5.59. The molecule has 0 aliphatic carbocycles. The van der Waals surface area contributed by atoms with Crippen molar-refractivity contribution in [2.45, 2.75) is 39.7 Å². The molecule has 0 aromatic carbocycles. The van der Waals surface area contributed by atoms with Crippen molar-refractivity contribution < 1.29 is 9.47 Å². The SMILES string of the molecule is CC(C)C1CCO[C@@H](C(C)C2COC2)C1. The Bertz CT molecular complexity index is 199. The summed E-state index contributed by atoms with van der Waals surface area (Å²) in [6.45, 7) is 9.88. The van der Waals surface area contributed by atoms with Crippen LogP contribution in [0.1, 0.15) is 33.6 Å². The van der Waals surface area contributed by atoms with Gasteiger partial charge in [0.1, 0.15) is 0 Å². The molecule has 0 aromatic rings. The molecule has 3 atom stereocenters. The summed E-state index contributed by atoms with van der Waals surface area (Å²) in [6, 6.07) is 0. The van der Waals surface area contributed by atoms with Crippen LogP contribution in [0, 0.1) is 23.7 Å². The van der Waals surface area contributed by atoms with Crippen molar-refractivity contribution in [3.63, 3.8) is 0 Å². The van der Waals surface area contributed by atoms with E-state index >= 15 is 0 Å². The third kappa shape index (κ3) is 2.54. The van der Waals surface area contributed by atoms with Crippen molar-refractivity contribution in [2.24, 2.45) is 23.7 Å². The van der Waals surface area contributed by atoms with E-state index in [1.807, 2.05) is 0 Å². The highest BCUT2D eigenvalue weighted by Gasteiger charge is 2.35. The van der Waals surface area contributed by atoms with Crippen LogP contribution in [-0.4, -0.2) is 25.9 Å². The average molecular weight is 212 g/mol. The van der Waals surface area contributed by atoms with Gasteiger partial charge in [0.05, 0.1) is 19.3 Å². The lowest BCUT2D eigenvalue weighted by molar-refractivity contribution is -0.119. The van der Waals surface area contributed by atoms with Gasteiger partial charge < -0.3 is 9.47 Å². The van der Waals surface area contributed by atoms with Crippen molar-refractivity contribution in [1.82, 2.24) is 0 Å². The van der Waals surface area contributed by atoms with E-state index in [4.69, 9.17) is 9.47 Å². The number of rotatable bonds is 3. The Morgan fingerprint density at radius 3 is 2.33 bits per heavy atom. The van der Waals surface area contributed by atoms with Crippen molar-refractivity contribution in [1.29, 1.82) is 0 Å². The molecule has 0 spiro atoms. The van der Waals surface area contributed by atoms with Gasteiger partial charge in [-0.3, -0.25) is 0 Å². The molecule has 2 unspecified atom stereocenters. The lowest BCUT2D eigenvalue weighted by atomic mass is 9.78. The summed E-state index contributed by atoms with van der Waals surface area (Å²) < 4.78 is 11.2. The van der Waals surface area contributed by atoms with E-state index < -0.39 is 0 Å². The first kappa shape index (κ1) is 11.4. The molecular formula is C13H24O2. The molecule has 2 heterocycles. The minimum Gasteiger partial charge on any atom is -0.381 e. The molecule has 0 aromatic heterocycles. The van der Waals surface area contributed by atoms with Crippen LogP contribution >= 0.6 is 0 Å². The minimum absolute atomic E-state index is 0.486. The Hall–Kier alpha value is -0.0800. The van der Waals surface area contributed by atoms with Crippen molar-refractivity contribution in [3.05, 3.63) is 0 Å². The van der Waals surface area contributed by atoms with Crippen molar-refractivity contribution >= 4 is 0 Å². The summed E-state index contributed by atoms with van der Waals surface area (Å²) in [6.07, 6.45) is 3.00. The van der Waals surface area contributed by atoms with Crippen molar-refractivity contribution in [3.8, 4) is 0 Å². The molecule has 0 radical (unpaired) electrons. The Morgan fingerprint density at radius 2 is 1.80 bits per heavy atom. The summed E-state index contributed by atoms with van der Waals surface area (Å²) in [4.78, 5) is 0. The highest BCUT2D eigenvalue weighted by atomic mass is 16.5. The molecule has 0 amide bonds. The van der Waals surface area contributed by atoms with Gasteiger partial charge in [0.2, 0.25) is 0 Å². The van der Waals surface area contributed by atoms with E-state index in [9.17, 15) is 0 Å². The highest BCUT2D eigenvalue weighted by molar-refractivity contribution is 4.83. The van der Waals surface area contributed by atoms with Gasteiger partial charge in [0, 0.05) is 12.5 Å². The van der Waals surface area contributed by atoms with Gasteiger partial charge in [-0.2, -0.15) is 0 Å². The fourth-order valence-corrected chi connectivity index (χ4v) is 2.69. The van der Waals surface area contributed by atoms with Crippen LogP contribution in [0.3, 0.4) is 0 Å². The predicted octanol–water partition coefficient (Wildman–Crippen LogP) is 2.72. The van der Waals surface area contributed by atoms with Crippen molar-refractivity contribution in [2.75, 3.05) is 19.8 Å². The number of hydrogen-bond acceptors (Lipinski definition) is 2. The topological polar surface area (TPSA) is 18.5 Å². The van der Waals surface area contributed by atoms with Gasteiger partial charge in [-0.1, -0.05) is 20.8 Å². The van der Waals surface area contributed by atoms with Gasteiger partial charge in [-0.25, -0.2) is 0 Å². The summed E-state index contributed by atoms with van der Waals surface area (Å²) in [5, 5.41) is 0. The van der Waals surface area contributed by atoms with Gasteiger partial charge in [0.25, 0.3) is 0 Å². The summed E-state index contributed by atoms with van der Waals surface area (Å²) >= 11 is 0. The molecule has 2 nitrogen and oxygen atoms in total. The average Bonchev–Trinajstić information content (AvgIpc) is 2.15. The Labute approximate surface area is 93.3 Å². The molecule has 88 valence electrons.